The van der Waals surface area contributed by atoms with Crippen molar-refractivity contribution in [3.05, 3.63) is 53.0 Å². The summed E-state index contributed by atoms with van der Waals surface area (Å²) in [4.78, 5) is 6.46. The summed E-state index contributed by atoms with van der Waals surface area (Å²) in [7, 11) is 0. The Balaban J connectivity index is 2.26. The average Bonchev–Trinajstić information content (AvgIpc) is 2.68. The Morgan fingerprint density at radius 3 is 2.69 bits per heavy atom. The van der Waals surface area contributed by atoms with E-state index in [1.165, 1.54) is 0 Å². The lowest BCUT2D eigenvalue weighted by molar-refractivity contribution is 0.207. The molecule has 2 N–H and O–H groups in total. The molecule has 2 heterocycles. The van der Waals surface area contributed by atoms with Crippen LogP contribution in [0.15, 0.2) is 47.4 Å². The van der Waals surface area contributed by atoms with Gasteiger partial charge in [-0.3, -0.25) is 9.88 Å². The van der Waals surface area contributed by atoms with Gasteiger partial charge in [0.1, 0.15) is 6.07 Å². The summed E-state index contributed by atoms with van der Waals surface area (Å²) in [6.07, 6.45) is 6.39. The maximum absolute atomic E-state index is 9.97. The second-order valence-electron chi connectivity index (χ2n) is 6.72. The molecule has 0 spiro atoms. The van der Waals surface area contributed by atoms with Gasteiger partial charge in [0.15, 0.2) is 5.41 Å². The van der Waals surface area contributed by atoms with Gasteiger partial charge in [0.2, 0.25) is 0 Å². The van der Waals surface area contributed by atoms with Crippen molar-refractivity contribution in [2.45, 2.75) is 19.3 Å². The summed E-state index contributed by atoms with van der Waals surface area (Å²) in [5.74, 6) is -0.616. The number of nitrogens with two attached hydrogens (primary N) is 1. The topological polar surface area (TPSA) is 114 Å². The Hall–Kier alpha value is -3.14. The maximum Gasteiger partial charge on any atom is 0.191 e. The van der Waals surface area contributed by atoms with Crippen LogP contribution in [0.2, 0.25) is 0 Å². The fraction of sp³-hybridized carbons (Fsp3) is 0.400. The second kappa shape index (κ2) is 7.00. The van der Waals surface area contributed by atoms with Gasteiger partial charge >= 0.3 is 0 Å². The SMILES string of the molecule is CCCN1CC=C2C(C#N)=C(N)C(C#N)(C#N)[C@H](c3cccnc3)[C@H]2C1. The molecule has 3 rings (SSSR count). The molecule has 0 saturated carbocycles. The molecule has 0 unspecified atom stereocenters. The van der Waals surface area contributed by atoms with Crippen LogP contribution >= 0.6 is 0 Å². The number of nitriles is 3. The first kappa shape index (κ1) is 17.7. The fourth-order valence-electron chi connectivity index (χ4n) is 4.17. The standard InChI is InChI=1S/C20H20N6/c1-2-7-26-8-5-15-16(9-21)19(24)20(12-22,13-23)18(17(15)11-26)14-4-3-6-25-10-14/h3-6,10,17-18H,2,7-8,11,24H2,1H3/t17-,18+/m0/s1. The summed E-state index contributed by atoms with van der Waals surface area (Å²) in [5.41, 5.74) is 6.67. The fourth-order valence-corrected chi connectivity index (χ4v) is 4.17. The number of allylic oxidation sites excluding steroid dienone is 2. The first-order valence-electron chi connectivity index (χ1n) is 8.68. The van der Waals surface area contributed by atoms with E-state index in [1.54, 1.807) is 18.5 Å². The van der Waals surface area contributed by atoms with E-state index in [2.05, 4.69) is 35.0 Å². The lowest BCUT2D eigenvalue weighted by Gasteiger charge is -2.45. The third-order valence-electron chi connectivity index (χ3n) is 5.32. The van der Waals surface area contributed by atoms with E-state index in [9.17, 15) is 15.8 Å². The molecule has 2 atom stereocenters. The number of nitrogens with zero attached hydrogens (tertiary/aromatic N) is 5. The first-order valence-corrected chi connectivity index (χ1v) is 8.68. The molecule has 1 aromatic heterocycles. The van der Waals surface area contributed by atoms with E-state index < -0.39 is 11.3 Å². The summed E-state index contributed by atoms with van der Waals surface area (Å²) in [6, 6.07) is 10.1. The minimum atomic E-state index is -1.58. The zero-order valence-corrected chi connectivity index (χ0v) is 14.7. The highest BCUT2D eigenvalue weighted by atomic mass is 15.1. The van der Waals surface area contributed by atoms with Crippen molar-refractivity contribution in [1.82, 2.24) is 9.88 Å². The van der Waals surface area contributed by atoms with Crippen molar-refractivity contribution < 1.29 is 0 Å². The highest BCUT2D eigenvalue weighted by Crippen LogP contribution is 2.53. The van der Waals surface area contributed by atoms with E-state index in [0.717, 1.165) is 30.6 Å². The molecular formula is C20H20N6. The van der Waals surface area contributed by atoms with Gasteiger partial charge in [-0.1, -0.05) is 19.1 Å². The molecule has 130 valence electrons. The Kier molecular flexibility index (Phi) is 4.76. The van der Waals surface area contributed by atoms with Crippen molar-refractivity contribution in [1.29, 1.82) is 15.8 Å². The smallest absolute Gasteiger partial charge is 0.191 e. The molecular weight excluding hydrogens is 324 g/mol. The summed E-state index contributed by atoms with van der Waals surface area (Å²) in [6.45, 7) is 4.46. The number of pyridine rings is 1. The molecule has 26 heavy (non-hydrogen) atoms. The van der Waals surface area contributed by atoms with E-state index in [4.69, 9.17) is 5.73 Å². The van der Waals surface area contributed by atoms with Crippen LogP contribution in [-0.2, 0) is 0 Å². The zero-order valence-electron chi connectivity index (χ0n) is 14.7. The van der Waals surface area contributed by atoms with Gasteiger partial charge in [-0.25, -0.2) is 0 Å². The molecule has 1 aliphatic heterocycles. The van der Waals surface area contributed by atoms with Crippen LogP contribution in [0.25, 0.3) is 0 Å². The number of hydrogen-bond acceptors (Lipinski definition) is 6. The van der Waals surface area contributed by atoms with Gasteiger partial charge in [-0.2, -0.15) is 15.8 Å². The van der Waals surface area contributed by atoms with Crippen LogP contribution in [0.1, 0.15) is 24.8 Å². The molecule has 1 aromatic rings. The summed E-state index contributed by atoms with van der Waals surface area (Å²) < 4.78 is 0. The van der Waals surface area contributed by atoms with Gasteiger partial charge in [0, 0.05) is 37.3 Å². The van der Waals surface area contributed by atoms with Crippen LogP contribution in [0, 0.1) is 45.3 Å². The Bertz CT molecular complexity index is 864. The number of fused-ring (bicyclic) bond motifs is 1. The molecule has 0 bridgehead atoms. The van der Waals surface area contributed by atoms with Crippen molar-refractivity contribution in [2.75, 3.05) is 19.6 Å². The monoisotopic (exact) mass is 344 g/mol. The third-order valence-corrected chi connectivity index (χ3v) is 5.32. The molecule has 0 aromatic carbocycles. The molecule has 0 radical (unpaired) electrons. The molecule has 0 saturated heterocycles. The van der Waals surface area contributed by atoms with Gasteiger partial charge in [-0.15, -0.1) is 0 Å². The highest BCUT2D eigenvalue weighted by Gasteiger charge is 2.54. The molecule has 6 heteroatoms. The van der Waals surface area contributed by atoms with E-state index in [1.807, 2.05) is 12.1 Å². The lowest BCUT2D eigenvalue weighted by atomic mass is 9.58. The van der Waals surface area contributed by atoms with Crippen LogP contribution in [-0.4, -0.2) is 29.5 Å². The van der Waals surface area contributed by atoms with Gasteiger partial charge < -0.3 is 5.73 Å². The highest BCUT2D eigenvalue weighted by molar-refractivity contribution is 5.59. The van der Waals surface area contributed by atoms with Crippen molar-refractivity contribution in [3.63, 3.8) is 0 Å². The van der Waals surface area contributed by atoms with Crippen LogP contribution < -0.4 is 5.73 Å². The van der Waals surface area contributed by atoms with Gasteiger partial charge in [0.25, 0.3) is 0 Å². The Morgan fingerprint density at radius 2 is 2.12 bits per heavy atom. The third kappa shape index (κ3) is 2.54. The van der Waals surface area contributed by atoms with E-state index >= 15 is 0 Å². The number of aromatic nitrogens is 1. The Labute approximate surface area is 153 Å². The van der Waals surface area contributed by atoms with Crippen molar-refractivity contribution >= 4 is 0 Å². The number of hydrogen-bond donors (Lipinski definition) is 1. The zero-order chi connectivity index (χ0) is 18.7. The quantitative estimate of drug-likeness (QED) is 0.899. The minimum Gasteiger partial charge on any atom is -0.399 e. The lowest BCUT2D eigenvalue weighted by Crippen LogP contribution is -2.48. The molecule has 0 fully saturated rings. The van der Waals surface area contributed by atoms with Crippen molar-refractivity contribution in [3.8, 4) is 18.2 Å². The second-order valence-corrected chi connectivity index (χ2v) is 6.72. The summed E-state index contributed by atoms with van der Waals surface area (Å²) >= 11 is 0. The van der Waals surface area contributed by atoms with Crippen LogP contribution in [0.3, 0.4) is 0 Å². The average molecular weight is 344 g/mol. The number of rotatable bonds is 3. The Morgan fingerprint density at radius 1 is 1.35 bits per heavy atom. The van der Waals surface area contributed by atoms with Gasteiger partial charge in [0.05, 0.1) is 23.4 Å². The predicted octanol–water partition coefficient (Wildman–Crippen LogP) is 2.22. The van der Waals surface area contributed by atoms with Crippen molar-refractivity contribution in [2.24, 2.45) is 17.1 Å². The normalized spacial score (nSPS) is 24.6. The molecule has 6 nitrogen and oxygen atoms in total. The maximum atomic E-state index is 9.97. The summed E-state index contributed by atoms with van der Waals surface area (Å²) in [5, 5.41) is 29.6. The molecule has 2 aliphatic rings. The predicted molar refractivity (Wildman–Crippen MR) is 95.8 cm³/mol. The molecule has 1 aliphatic carbocycles. The van der Waals surface area contributed by atoms with E-state index in [0.29, 0.717) is 6.54 Å². The first-order chi connectivity index (χ1) is 12.6. The van der Waals surface area contributed by atoms with Crippen LogP contribution in [0.4, 0.5) is 0 Å². The minimum absolute atomic E-state index is 0.0605. The van der Waals surface area contributed by atoms with E-state index in [-0.39, 0.29) is 17.2 Å². The van der Waals surface area contributed by atoms with Crippen LogP contribution in [0.5, 0.6) is 0 Å². The molecule has 0 amide bonds. The van der Waals surface area contributed by atoms with Gasteiger partial charge in [-0.05, 0) is 30.2 Å². The largest absolute Gasteiger partial charge is 0.399 e.